The van der Waals surface area contributed by atoms with Gasteiger partial charge in [0.05, 0.1) is 11.3 Å². The van der Waals surface area contributed by atoms with Gasteiger partial charge in [0.25, 0.3) is 5.91 Å². The van der Waals surface area contributed by atoms with Crippen LogP contribution in [0.15, 0.2) is 46.2 Å². The molecule has 2 atom stereocenters. The maximum absolute atomic E-state index is 12.4. The van der Waals surface area contributed by atoms with E-state index in [-0.39, 0.29) is 16.7 Å². The van der Waals surface area contributed by atoms with Crippen molar-refractivity contribution in [3.63, 3.8) is 0 Å². The van der Waals surface area contributed by atoms with Gasteiger partial charge >= 0.3 is 0 Å². The van der Waals surface area contributed by atoms with E-state index in [0.29, 0.717) is 17.7 Å². The van der Waals surface area contributed by atoms with E-state index in [1.807, 2.05) is 6.92 Å². The molecular weight excluding hydrogens is 324 g/mol. The number of aromatic nitrogens is 1. The Labute approximate surface area is 146 Å². The number of nitrogens with one attached hydrogen (secondary N) is 1. The molecule has 0 spiro atoms. The largest absolute Gasteiger partial charge is 0.467 e. The molecule has 0 aliphatic heterocycles. The van der Waals surface area contributed by atoms with Gasteiger partial charge in [-0.3, -0.25) is 4.79 Å². The molecule has 1 amide bonds. The minimum atomic E-state index is -0.736. The maximum Gasteiger partial charge on any atom is 0.251 e. The van der Waals surface area contributed by atoms with Crippen LogP contribution in [-0.2, 0) is 0 Å². The fourth-order valence-corrected chi connectivity index (χ4v) is 3.15. The molecule has 2 unspecified atom stereocenters. The van der Waals surface area contributed by atoms with Crippen molar-refractivity contribution in [3.05, 3.63) is 48.0 Å². The number of carbonyl (C=O) groups excluding carboxylic acids is 1. The summed E-state index contributed by atoms with van der Waals surface area (Å²) in [5, 5.41) is 13.8. The molecule has 0 saturated carbocycles. The number of pyridine rings is 1. The highest BCUT2D eigenvalue weighted by Gasteiger charge is 2.18. The first-order chi connectivity index (χ1) is 11.2. The van der Waals surface area contributed by atoms with Crippen LogP contribution in [0.2, 0.25) is 0 Å². The van der Waals surface area contributed by atoms with Crippen LogP contribution in [0.4, 0.5) is 0 Å². The standard InChI is InChI=1S/C18H24N2O3S/c1-12(10-14(21)15-6-5-9-23-15)20-17(22)13-7-8-19-16(11-13)24-18(2,3)4/h5-9,11-12,14,21H,10H2,1-4H3,(H,20,22). The van der Waals surface area contributed by atoms with Gasteiger partial charge in [0, 0.05) is 29.0 Å². The van der Waals surface area contributed by atoms with Crippen LogP contribution in [0.3, 0.4) is 0 Å². The number of amides is 1. The number of rotatable bonds is 6. The molecule has 2 N–H and O–H groups in total. The number of thioether (sulfide) groups is 1. The third kappa shape index (κ3) is 5.69. The van der Waals surface area contributed by atoms with Crippen molar-refractivity contribution in [2.24, 2.45) is 0 Å². The van der Waals surface area contributed by atoms with Crippen LogP contribution in [0.25, 0.3) is 0 Å². The first-order valence-corrected chi connectivity index (χ1v) is 8.73. The van der Waals surface area contributed by atoms with Gasteiger partial charge in [-0.15, -0.1) is 11.8 Å². The molecule has 0 aliphatic carbocycles. The molecule has 0 saturated heterocycles. The van der Waals surface area contributed by atoms with Crippen molar-refractivity contribution < 1.29 is 14.3 Å². The zero-order chi connectivity index (χ0) is 17.7. The van der Waals surface area contributed by atoms with Crippen LogP contribution in [0.1, 0.15) is 56.3 Å². The first kappa shape index (κ1) is 18.5. The number of hydrogen-bond donors (Lipinski definition) is 2. The Bertz CT molecular complexity index is 665. The van der Waals surface area contributed by atoms with E-state index >= 15 is 0 Å². The van der Waals surface area contributed by atoms with Crippen molar-refractivity contribution in [2.45, 2.75) is 56.0 Å². The molecule has 0 radical (unpaired) electrons. The lowest BCUT2D eigenvalue weighted by Crippen LogP contribution is -2.33. The van der Waals surface area contributed by atoms with E-state index in [2.05, 4.69) is 31.1 Å². The molecule has 0 aromatic carbocycles. The number of carbonyl (C=O) groups is 1. The predicted octanol–water partition coefficient (Wildman–Crippen LogP) is 3.81. The van der Waals surface area contributed by atoms with E-state index < -0.39 is 6.10 Å². The Morgan fingerprint density at radius 3 is 2.79 bits per heavy atom. The van der Waals surface area contributed by atoms with E-state index in [9.17, 15) is 9.90 Å². The molecule has 0 aliphatic rings. The quantitative estimate of drug-likeness (QED) is 0.777. The third-order valence-corrected chi connectivity index (χ3v) is 4.28. The van der Waals surface area contributed by atoms with Gasteiger partial charge in [-0.05, 0) is 31.2 Å². The average Bonchev–Trinajstić information content (AvgIpc) is 2.99. The van der Waals surface area contributed by atoms with Gasteiger partial charge in [0.2, 0.25) is 0 Å². The molecule has 2 heterocycles. The minimum absolute atomic E-state index is 0.0303. The Morgan fingerprint density at radius 1 is 1.42 bits per heavy atom. The summed E-state index contributed by atoms with van der Waals surface area (Å²) in [7, 11) is 0. The molecule has 130 valence electrons. The summed E-state index contributed by atoms with van der Waals surface area (Å²) < 4.78 is 5.20. The Balaban J connectivity index is 1.95. The number of aliphatic hydroxyl groups is 1. The highest BCUT2D eigenvalue weighted by molar-refractivity contribution is 8.00. The average molecular weight is 348 g/mol. The van der Waals surface area contributed by atoms with Gasteiger partial charge in [0.15, 0.2) is 0 Å². The van der Waals surface area contributed by atoms with Crippen LogP contribution in [-0.4, -0.2) is 26.8 Å². The van der Waals surface area contributed by atoms with Gasteiger partial charge < -0.3 is 14.8 Å². The Hall–Kier alpha value is -1.79. The number of hydrogen-bond acceptors (Lipinski definition) is 5. The number of nitrogens with zero attached hydrogens (tertiary/aromatic N) is 1. The molecule has 24 heavy (non-hydrogen) atoms. The van der Waals surface area contributed by atoms with Crippen molar-refractivity contribution in [3.8, 4) is 0 Å². The van der Waals surface area contributed by atoms with Gasteiger partial charge in [-0.1, -0.05) is 20.8 Å². The lowest BCUT2D eigenvalue weighted by atomic mass is 10.1. The topological polar surface area (TPSA) is 75.4 Å². The second-order valence-electron chi connectivity index (χ2n) is 6.74. The number of furan rings is 1. The van der Waals surface area contributed by atoms with E-state index in [4.69, 9.17) is 4.42 Å². The van der Waals surface area contributed by atoms with Crippen molar-refractivity contribution >= 4 is 17.7 Å². The first-order valence-electron chi connectivity index (χ1n) is 7.92. The highest BCUT2D eigenvalue weighted by atomic mass is 32.2. The minimum Gasteiger partial charge on any atom is -0.467 e. The molecule has 6 heteroatoms. The van der Waals surface area contributed by atoms with E-state index in [1.165, 1.54) is 6.26 Å². The van der Waals surface area contributed by atoms with Crippen LogP contribution in [0, 0.1) is 0 Å². The zero-order valence-electron chi connectivity index (χ0n) is 14.4. The molecule has 0 fully saturated rings. The third-order valence-electron chi connectivity index (χ3n) is 3.23. The zero-order valence-corrected chi connectivity index (χ0v) is 15.3. The Kier molecular flexibility index (Phi) is 6.07. The van der Waals surface area contributed by atoms with Gasteiger partial charge in [-0.25, -0.2) is 4.98 Å². The Morgan fingerprint density at radius 2 is 2.17 bits per heavy atom. The summed E-state index contributed by atoms with van der Waals surface area (Å²) in [6.45, 7) is 8.16. The van der Waals surface area contributed by atoms with Crippen molar-refractivity contribution in [1.82, 2.24) is 10.3 Å². The molecule has 2 rings (SSSR count). The normalized spacial score (nSPS) is 14.2. The summed E-state index contributed by atoms with van der Waals surface area (Å²) in [6.07, 6.45) is 2.81. The SMILES string of the molecule is CC(CC(O)c1ccco1)NC(=O)c1ccnc(SC(C)(C)C)c1. The monoisotopic (exact) mass is 348 g/mol. The summed E-state index contributed by atoms with van der Waals surface area (Å²) in [5.74, 6) is 0.330. The summed E-state index contributed by atoms with van der Waals surface area (Å²) in [6, 6.07) is 6.74. The summed E-state index contributed by atoms with van der Waals surface area (Å²) in [4.78, 5) is 16.7. The number of aliphatic hydroxyl groups excluding tert-OH is 1. The molecular formula is C18H24N2O3S. The van der Waals surface area contributed by atoms with Crippen LogP contribution in [0.5, 0.6) is 0 Å². The maximum atomic E-state index is 12.4. The molecule has 2 aromatic rings. The van der Waals surface area contributed by atoms with E-state index in [1.54, 1.807) is 42.2 Å². The smallest absolute Gasteiger partial charge is 0.251 e. The second-order valence-corrected chi connectivity index (χ2v) is 8.59. The second kappa shape index (κ2) is 7.85. The molecule has 2 aromatic heterocycles. The van der Waals surface area contributed by atoms with Gasteiger partial charge in [0.1, 0.15) is 11.9 Å². The highest BCUT2D eigenvalue weighted by Crippen LogP contribution is 2.30. The lowest BCUT2D eigenvalue weighted by Gasteiger charge is -2.18. The molecule has 0 bridgehead atoms. The van der Waals surface area contributed by atoms with Crippen LogP contribution < -0.4 is 5.32 Å². The summed E-state index contributed by atoms with van der Waals surface area (Å²) in [5.41, 5.74) is 0.566. The van der Waals surface area contributed by atoms with Crippen molar-refractivity contribution in [1.29, 1.82) is 0 Å². The summed E-state index contributed by atoms with van der Waals surface area (Å²) >= 11 is 1.62. The fourth-order valence-electron chi connectivity index (χ4n) is 2.22. The van der Waals surface area contributed by atoms with Crippen LogP contribution >= 0.6 is 11.8 Å². The van der Waals surface area contributed by atoms with Gasteiger partial charge in [-0.2, -0.15) is 0 Å². The molecule has 5 nitrogen and oxygen atoms in total. The fraction of sp³-hybridized carbons (Fsp3) is 0.444. The van der Waals surface area contributed by atoms with E-state index in [0.717, 1.165) is 5.03 Å². The van der Waals surface area contributed by atoms with Crippen molar-refractivity contribution in [2.75, 3.05) is 0 Å². The lowest BCUT2D eigenvalue weighted by molar-refractivity contribution is 0.0902. The predicted molar refractivity (Wildman–Crippen MR) is 95.1 cm³/mol.